The zero-order chi connectivity index (χ0) is 21.7. The molecule has 0 amide bonds. The number of hydrogen-bond donors (Lipinski definition) is 1. The van der Waals surface area contributed by atoms with Gasteiger partial charge in [-0.15, -0.1) is 0 Å². The number of carbonyl (C=O) groups is 1. The van der Waals surface area contributed by atoms with Crippen molar-refractivity contribution in [1.29, 1.82) is 0 Å². The van der Waals surface area contributed by atoms with Gasteiger partial charge in [0.05, 0.1) is 13.2 Å². The molecule has 1 heterocycles. The van der Waals surface area contributed by atoms with E-state index in [1.807, 2.05) is 6.07 Å². The van der Waals surface area contributed by atoms with Crippen LogP contribution in [0.15, 0.2) is 42.5 Å². The van der Waals surface area contributed by atoms with Crippen molar-refractivity contribution in [2.45, 2.75) is 64.3 Å². The molecule has 1 N–H and O–H groups in total. The highest BCUT2D eigenvalue weighted by atomic mass is 16.5. The maximum absolute atomic E-state index is 11.7. The minimum Gasteiger partial charge on any atom is -0.507 e. The third kappa shape index (κ3) is 5.23. The van der Waals surface area contributed by atoms with Crippen molar-refractivity contribution >= 4 is 5.97 Å². The molecule has 1 saturated heterocycles. The molecule has 1 atom stereocenters. The Balaban J connectivity index is 2.11. The summed E-state index contributed by atoms with van der Waals surface area (Å²) in [6.07, 6.45) is 4.56. The van der Waals surface area contributed by atoms with Crippen LogP contribution in [0.25, 0.3) is 0 Å². The molecular weight excluding hydrogens is 374 g/mol. The van der Waals surface area contributed by atoms with E-state index < -0.39 is 0 Å². The van der Waals surface area contributed by atoms with Crippen molar-refractivity contribution in [1.82, 2.24) is 4.90 Å². The first-order chi connectivity index (χ1) is 14.3. The Kier molecular flexibility index (Phi) is 7.19. The van der Waals surface area contributed by atoms with Crippen LogP contribution in [0.3, 0.4) is 0 Å². The maximum atomic E-state index is 11.7. The summed E-state index contributed by atoms with van der Waals surface area (Å²) < 4.78 is 4.84. The smallest absolute Gasteiger partial charge is 0.305 e. The Hall–Kier alpha value is -2.33. The van der Waals surface area contributed by atoms with E-state index >= 15 is 0 Å². The van der Waals surface area contributed by atoms with Gasteiger partial charge in [-0.2, -0.15) is 0 Å². The summed E-state index contributed by atoms with van der Waals surface area (Å²) in [6.45, 7) is 8.41. The van der Waals surface area contributed by atoms with Crippen molar-refractivity contribution in [2.75, 3.05) is 20.2 Å². The topological polar surface area (TPSA) is 49.8 Å². The Morgan fingerprint density at radius 1 is 1.10 bits per heavy atom. The van der Waals surface area contributed by atoms with E-state index in [-0.39, 0.29) is 17.4 Å². The van der Waals surface area contributed by atoms with Crippen LogP contribution >= 0.6 is 0 Å². The molecule has 2 aromatic rings. The number of ether oxygens (including phenoxy) is 1. The fraction of sp³-hybridized carbons (Fsp3) is 0.500. The molecule has 0 bridgehead atoms. The molecule has 0 spiro atoms. The van der Waals surface area contributed by atoms with E-state index in [4.69, 9.17) is 4.74 Å². The Morgan fingerprint density at radius 2 is 1.77 bits per heavy atom. The van der Waals surface area contributed by atoms with Crippen molar-refractivity contribution < 1.29 is 14.6 Å². The highest BCUT2D eigenvalue weighted by Gasteiger charge is 2.30. The predicted octanol–water partition coefficient (Wildman–Crippen LogP) is 5.37. The Labute approximate surface area is 180 Å². The van der Waals surface area contributed by atoms with Gasteiger partial charge in [0.15, 0.2) is 0 Å². The molecule has 162 valence electrons. The number of aromatic hydroxyl groups is 1. The zero-order valence-corrected chi connectivity index (χ0v) is 18.8. The SMILES string of the molecule is COC(=O)CCc1cc(C(c2ccccc2)N2CCCCC2)c(O)c(C(C)(C)C)c1. The van der Waals surface area contributed by atoms with Crippen molar-refractivity contribution in [3.8, 4) is 5.75 Å². The first kappa shape index (κ1) is 22.4. The number of phenols is 1. The number of likely N-dealkylation sites (tertiary alicyclic amines) is 1. The van der Waals surface area contributed by atoms with E-state index in [2.05, 4.69) is 62.1 Å². The van der Waals surface area contributed by atoms with Crippen LogP contribution in [0.5, 0.6) is 5.75 Å². The molecule has 1 aliphatic heterocycles. The Morgan fingerprint density at radius 3 is 2.37 bits per heavy atom. The first-order valence-corrected chi connectivity index (χ1v) is 11.0. The van der Waals surface area contributed by atoms with Crippen LogP contribution in [-0.2, 0) is 21.4 Å². The summed E-state index contributed by atoms with van der Waals surface area (Å²) in [6, 6.07) is 14.6. The lowest BCUT2D eigenvalue weighted by atomic mass is 9.81. The number of phenolic OH excluding ortho intramolecular Hbond substituents is 1. The normalized spacial score (nSPS) is 16.3. The van der Waals surface area contributed by atoms with Gasteiger partial charge in [0.2, 0.25) is 0 Å². The van der Waals surface area contributed by atoms with Crippen molar-refractivity contribution in [2.24, 2.45) is 0 Å². The number of benzene rings is 2. The molecule has 1 unspecified atom stereocenters. The summed E-state index contributed by atoms with van der Waals surface area (Å²) in [5.41, 5.74) is 3.92. The summed E-state index contributed by atoms with van der Waals surface area (Å²) in [5, 5.41) is 11.4. The molecule has 3 rings (SSSR count). The van der Waals surface area contributed by atoms with Crippen LogP contribution in [0.1, 0.15) is 74.8 Å². The minimum absolute atomic E-state index is 0.00526. The second kappa shape index (κ2) is 9.65. The van der Waals surface area contributed by atoms with Gasteiger partial charge in [-0.05, 0) is 54.5 Å². The van der Waals surface area contributed by atoms with E-state index in [1.165, 1.54) is 31.9 Å². The fourth-order valence-corrected chi connectivity index (χ4v) is 4.39. The molecule has 4 heteroatoms. The van der Waals surface area contributed by atoms with E-state index in [0.717, 1.165) is 29.8 Å². The third-order valence-electron chi connectivity index (χ3n) is 6.02. The number of esters is 1. The van der Waals surface area contributed by atoms with Crippen LogP contribution in [0, 0.1) is 0 Å². The van der Waals surface area contributed by atoms with Gasteiger partial charge in [0.1, 0.15) is 5.75 Å². The highest BCUT2D eigenvalue weighted by Crippen LogP contribution is 2.42. The lowest BCUT2D eigenvalue weighted by Crippen LogP contribution is -2.34. The molecule has 1 fully saturated rings. The second-order valence-corrected chi connectivity index (χ2v) is 9.32. The molecule has 0 aliphatic carbocycles. The van der Waals surface area contributed by atoms with Gasteiger partial charge in [-0.25, -0.2) is 0 Å². The van der Waals surface area contributed by atoms with Gasteiger partial charge >= 0.3 is 5.97 Å². The number of piperidine rings is 1. The van der Waals surface area contributed by atoms with Gasteiger partial charge < -0.3 is 9.84 Å². The van der Waals surface area contributed by atoms with Crippen molar-refractivity contribution in [3.05, 3.63) is 64.7 Å². The van der Waals surface area contributed by atoms with Gasteiger partial charge in [-0.1, -0.05) is 69.7 Å². The fourth-order valence-electron chi connectivity index (χ4n) is 4.39. The quantitative estimate of drug-likeness (QED) is 0.652. The van der Waals surface area contributed by atoms with Crippen LogP contribution in [-0.4, -0.2) is 36.2 Å². The summed E-state index contributed by atoms with van der Waals surface area (Å²) in [7, 11) is 1.42. The summed E-state index contributed by atoms with van der Waals surface area (Å²) in [5.74, 6) is 0.168. The molecule has 0 radical (unpaired) electrons. The number of carbonyl (C=O) groups excluding carboxylic acids is 1. The lowest BCUT2D eigenvalue weighted by molar-refractivity contribution is -0.140. The molecule has 4 nitrogen and oxygen atoms in total. The largest absolute Gasteiger partial charge is 0.507 e. The molecule has 1 aliphatic rings. The molecule has 0 aromatic heterocycles. The number of methoxy groups -OCH3 is 1. The number of rotatable bonds is 6. The van der Waals surface area contributed by atoms with Crippen LogP contribution in [0.2, 0.25) is 0 Å². The van der Waals surface area contributed by atoms with Gasteiger partial charge in [-0.3, -0.25) is 9.69 Å². The summed E-state index contributed by atoms with van der Waals surface area (Å²) >= 11 is 0. The number of aryl methyl sites for hydroxylation is 1. The molecule has 2 aromatic carbocycles. The van der Waals surface area contributed by atoms with Gasteiger partial charge in [0, 0.05) is 12.0 Å². The molecule has 30 heavy (non-hydrogen) atoms. The van der Waals surface area contributed by atoms with Crippen molar-refractivity contribution in [3.63, 3.8) is 0 Å². The van der Waals surface area contributed by atoms with Crippen LogP contribution < -0.4 is 0 Å². The number of nitrogens with zero attached hydrogens (tertiary/aromatic N) is 1. The van der Waals surface area contributed by atoms with Gasteiger partial charge in [0.25, 0.3) is 0 Å². The van der Waals surface area contributed by atoms with Crippen LogP contribution in [0.4, 0.5) is 0 Å². The zero-order valence-electron chi connectivity index (χ0n) is 18.8. The maximum Gasteiger partial charge on any atom is 0.305 e. The van der Waals surface area contributed by atoms with E-state index in [0.29, 0.717) is 18.6 Å². The average molecular weight is 410 g/mol. The monoisotopic (exact) mass is 409 g/mol. The summed E-state index contributed by atoms with van der Waals surface area (Å²) in [4.78, 5) is 14.2. The average Bonchev–Trinajstić information content (AvgIpc) is 2.74. The van der Waals surface area contributed by atoms with E-state index in [9.17, 15) is 9.90 Å². The molecular formula is C26H35NO3. The predicted molar refractivity (Wildman–Crippen MR) is 121 cm³/mol. The standard InChI is InChI=1S/C26H35NO3/c1-26(2,3)22-18-19(13-14-23(28)30-4)17-21(25(22)29)24(20-11-7-5-8-12-20)27-15-9-6-10-16-27/h5,7-8,11-12,17-18,24,29H,6,9-10,13-16H2,1-4H3. The third-order valence-corrected chi connectivity index (χ3v) is 6.02. The Bertz CT molecular complexity index is 849. The minimum atomic E-state index is -0.211. The highest BCUT2D eigenvalue weighted by molar-refractivity contribution is 5.69. The number of hydrogen-bond acceptors (Lipinski definition) is 4. The first-order valence-electron chi connectivity index (χ1n) is 11.0. The second-order valence-electron chi connectivity index (χ2n) is 9.32. The van der Waals surface area contributed by atoms with E-state index in [1.54, 1.807) is 0 Å². The lowest BCUT2D eigenvalue weighted by Gasteiger charge is -2.36. The molecule has 0 saturated carbocycles.